The molecule has 2 rings (SSSR count). The molecule has 0 aromatic carbocycles. The fourth-order valence-corrected chi connectivity index (χ4v) is 1.42. The molecule has 0 atom stereocenters. The van der Waals surface area contributed by atoms with Gasteiger partial charge < -0.3 is 14.8 Å². The number of hydrogen-bond acceptors (Lipinski definition) is 6. The van der Waals surface area contributed by atoms with Crippen molar-refractivity contribution in [3.63, 3.8) is 0 Å². The Labute approximate surface area is 106 Å². The van der Waals surface area contributed by atoms with Crippen LogP contribution >= 0.6 is 0 Å². The van der Waals surface area contributed by atoms with E-state index in [1.165, 1.54) is 32.3 Å². The molecule has 1 aliphatic carbocycles. The van der Waals surface area contributed by atoms with Gasteiger partial charge in [0.1, 0.15) is 5.82 Å². The summed E-state index contributed by atoms with van der Waals surface area (Å²) in [4.78, 5) is 19.1. The molecule has 0 bridgehead atoms. The second-order valence-corrected chi connectivity index (χ2v) is 4.22. The molecule has 18 heavy (non-hydrogen) atoms. The maximum atomic E-state index is 11.1. The number of nitrogens with one attached hydrogen (secondary N) is 1. The minimum Gasteiger partial charge on any atom is -0.464 e. The summed E-state index contributed by atoms with van der Waals surface area (Å²) < 4.78 is 10.0. The van der Waals surface area contributed by atoms with Gasteiger partial charge in [-0.2, -0.15) is 0 Å². The van der Waals surface area contributed by atoms with E-state index < -0.39 is 5.97 Å². The molecule has 1 aromatic heterocycles. The number of carbonyl (C=O) groups is 1. The highest BCUT2D eigenvalue weighted by atomic mass is 16.5. The van der Waals surface area contributed by atoms with E-state index in [1.54, 1.807) is 0 Å². The lowest BCUT2D eigenvalue weighted by Gasteiger charge is -2.06. The van der Waals surface area contributed by atoms with E-state index in [2.05, 4.69) is 20.0 Å². The van der Waals surface area contributed by atoms with E-state index >= 15 is 0 Å². The molecule has 0 aliphatic heterocycles. The second-order valence-electron chi connectivity index (χ2n) is 4.22. The number of esters is 1. The maximum absolute atomic E-state index is 11.1. The molecule has 1 saturated carbocycles. The van der Waals surface area contributed by atoms with E-state index in [0.29, 0.717) is 19.0 Å². The summed E-state index contributed by atoms with van der Waals surface area (Å²) in [7, 11) is 1.31. The highest BCUT2D eigenvalue weighted by molar-refractivity contribution is 5.86. The van der Waals surface area contributed by atoms with Crippen molar-refractivity contribution in [3.05, 3.63) is 18.1 Å². The van der Waals surface area contributed by atoms with Crippen LogP contribution in [0.5, 0.6) is 0 Å². The maximum Gasteiger partial charge on any atom is 0.358 e. The van der Waals surface area contributed by atoms with Crippen molar-refractivity contribution in [3.8, 4) is 0 Å². The zero-order chi connectivity index (χ0) is 12.8. The van der Waals surface area contributed by atoms with Crippen molar-refractivity contribution in [1.82, 2.24) is 9.97 Å². The monoisotopic (exact) mass is 251 g/mol. The minimum atomic E-state index is -0.484. The van der Waals surface area contributed by atoms with Gasteiger partial charge in [0.15, 0.2) is 5.69 Å². The lowest BCUT2D eigenvalue weighted by molar-refractivity contribution is 0.0593. The number of nitrogens with zero attached hydrogens (tertiary/aromatic N) is 2. The zero-order valence-corrected chi connectivity index (χ0v) is 10.4. The molecule has 0 radical (unpaired) electrons. The quantitative estimate of drug-likeness (QED) is 0.578. The number of rotatable bonds is 7. The molecule has 0 spiro atoms. The first kappa shape index (κ1) is 12.8. The molecule has 1 N–H and O–H groups in total. The lowest BCUT2D eigenvalue weighted by Crippen LogP contribution is -2.12. The van der Waals surface area contributed by atoms with Gasteiger partial charge >= 0.3 is 5.97 Å². The molecule has 6 nitrogen and oxygen atoms in total. The van der Waals surface area contributed by atoms with E-state index in [4.69, 9.17) is 4.74 Å². The Morgan fingerprint density at radius 1 is 1.44 bits per heavy atom. The molecule has 1 aliphatic rings. The molecule has 0 amide bonds. The SMILES string of the molecule is COC(=O)c1cnc(NCCOCC2CC2)cn1. The summed E-state index contributed by atoms with van der Waals surface area (Å²) in [5, 5.41) is 3.07. The third-order valence-corrected chi connectivity index (χ3v) is 2.65. The summed E-state index contributed by atoms with van der Waals surface area (Å²) in [5.74, 6) is 0.920. The Hall–Kier alpha value is -1.69. The van der Waals surface area contributed by atoms with Crippen LogP contribution in [0.25, 0.3) is 0 Å². The Balaban J connectivity index is 1.67. The average Bonchev–Trinajstić information content (AvgIpc) is 3.22. The summed E-state index contributed by atoms with van der Waals surface area (Å²) in [5.41, 5.74) is 0.202. The number of carbonyl (C=O) groups excluding carboxylic acids is 1. The Morgan fingerprint density at radius 2 is 2.28 bits per heavy atom. The summed E-state index contributed by atoms with van der Waals surface area (Å²) in [6.07, 6.45) is 5.49. The Kier molecular flexibility index (Phi) is 4.46. The second kappa shape index (κ2) is 6.30. The molecular weight excluding hydrogens is 234 g/mol. The summed E-state index contributed by atoms with van der Waals surface area (Å²) in [6, 6.07) is 0. The van der Waals surface area contributed by atoms with Gasteiger partial charge in [0.25, 0.3) is 0 Å². The average molecular weight is 251 g/mol. The van der Waals surface area contributed by atoms with Crippen molar-refractivity contribution in [2.24, 2.45) is 5.92 Å². The van der Waals surface area contributed by atoms with E-state index in [9.17, 15) is 4.79 Å². The number of hydrogen-bond donors (Lipinski definition) is 1. The van der Waals surface area contributed by atoms with Crippen molar-refractivity contribution in [2.45, 2.75) is 12.8 Å². The first-order valence-corrected chi connectivity index (χ1v) is 6.01. The van der Waals surface area contributed by atoms with Crippen LogP contribution in [0.2, 0.25) is 0 Å². The van der Waals surface area contributed by atoms with Gasteiger partial charge in [-0.3, -0.25) is 0 Å². The molecule has 0 saturated heterocycles. The summed E-state index contributed by atoms with van der Waals surface area (Å²) in [6.45, 7) is 2.19. The molecule has 98 valence electrons. The largest absolute Gasteiger partial charge is 0.464 e. The van der Waals surface area contributed by atoms with E-state index in [0.717, 1.165) is 12.5 Å². The first-order chi connectivity index (χ1) is 8.79. The van der Waals surface area contributed by atoms with Crippen LogP contribution in [-0.4, -0.2) is 42.8 Å². The fraction of sp³-hybridized carbons (Fsp3) is 0.583. The topological polar surface area (TPSA) is 73.3 Å². The van der Waals surface area contributed by atoms with Gasteiger partial charge in [-0.15, -0.1) is 0 Å². The van der Waals surface area contributed by atoms with Crippen LogP contribution in [0.15, 0.2) is 12.4 Å². The molecule has 6 heteroatoms. The molecular formula is C12H17N3O3. The van der Waals surface area contributed by atoms with Crippen molar-refractivity contribution in [1.29, 1.82) is 0 Å². The lowest BCUT2D eigenvalue weighted by atomic mass is 10.4. The van der Waals surface area contributed by atoms with E-state index in [-0.39, 0.29) is 5.69 Å². The van der Waals surface area contributed by atoms with Crippen molar-refractivity contribution < 1.29 is 14.3 Å². The smallest absolute Gasteiger partial charge is 0.358 e. The van der Waals surface area contributed by atoms with Gasteiger partial charge in [-0.05, 0) is 18.8 Å². The van der Waals surface area contributed by atoms with Crippen LogP contribution in [0.4, 0.5) is 5.82 Å². The zero-order valence-electron chi connectivity index (χ0n) is 10.4. The summed E-state index contributed by atoms with van der Waals surface area (Å²) >= 11 is 0. The van der Waals surface area contributed by atoms with Crippen molar-refractivity contribution in [2.75, 3.05) is 32.2 Å². The number of anilines is 1. The third kappa shape index (κ3) is 3.96. The number of ether oxygens (including phenoxy) is 2. The van der Waals surface area contributed by atoms with Gasteiger partial charge in [0.05, 0.1) is 26.1 Å². The van der Waals surface area contributed by atoms with Crippen LogP contribution in [0, 0.1) is 5.92 Å². The van der Waals surface area contributed by atoms with Gasteiger partial charge in [-0.25, -0.2) is 14.8 Å². The third-order valence-electron chi connectivity index (χ3n) is 2.65. The van der Waals surface area contributed by atoms with Gasteiger partial charge in [-0.1, -0.05) is 0 Å². The first-order valence-electron chi connectivity index (χ1n) is 6.01. The van der Waals surface area contributed by atoms with Crippen LogP contribution in [0.1, 0.15) is 23.3 Å². The minimum absolute atomic E-state index is 0.202. The van der Waals surface area contributed by atoms with Crippen LogP contribution < -0.4 is 5.32 Å². The predicted octanol–water partition coefficient (Wildman–Crippen LogP) is 1.10. The number of aromatic nitrogens is 2. The Morgan fingerprint density at radius 3 is 2.89 bits per heavy atom. The van der Waals surface area contributed by atoms with Crippen molar-refractivity contribution >= 4 is 11.8 Å². The van der Waals surface area contributed by atoms with Crippen LogP contribution in [0.3, 0.4) is 0 Å². The molecule has 1 fully saturated rings. The normalized spacial score (nSPS) is 14.3. The predicted molar refractivity (Wildman–Crippen MR) is 65.4 cm³/mol. The Bertz CT molecular complexity index is 390. The fourth-order valence-electron chi connectivity index (χ4n) is 1.42. The van der Waals surface area contributed by atoms with Crippen LogP contribution in [-0.2, 0) is 9.47 Å². The molecule has 1 aromatic rings. The van der Waals surface area contributed by atoms with Gasteiger partial charge in [0.2, 0.25) is 0 Å². The molecule has 0 unspecified atom stereocenters. The number of methoxy groups -OCH3 is 1. The highest BCUT2D eigenvalue weighted by Crippen LogP contribution is 2.28. The van der Waals surface area contributed by atoms with E-state index in [1.807, 2.05) is 0 Å². The highest BCUT2D eigenvalue weighted by Gasteiger charge is 2.20. The standard InChI is InChI=1S/C12H17N3O3/c1-17-12(16)10-6-15-11(7-14-10)13-4-5-18-8-9-2-3-9/h6-7,9H,2-5,8H2,1H3,(H,13,15). The molecule has 1 heterocycles. The van der Waals surface area contributed by atoms with Gasteiger partial charge in [0, 0.05) is 13.2 Å².